The van der Waals surface area contributed by atoms with Gasteiger partial charge in [-0.05, 0) is 52.9 Å². The Morgan fingerprint density at radius 3 is 2.71 bits per heavy atom. The van der Waals surface area contributed by atoms with Crippen LogP contribution >= 0.6 is 0 Å². The van der Waals surface area contributed by atoms with E-state index in [0.29, 0.717) is 12.6 Å². The molecule has 118 valence electrons. The lowest BCUT2D eigenvalue weighted by molar-refractivity contribution is 0.0928. The lowest BCUT2D eigenvalue weighted by Gasteiger charge is -2.27. The van der Waals surface area contributed by atoms with Gasteiger partial charge in [-0.1, -0.05) is 6.92 Å². The molecule has 1 aliphatic heterocycles. The molecule has 0 radical (unpaired) electrons. The van der Waals surface area contributed by atoms with Crippen molar-refractivity contribution in [2.75, 3.05) is 33.2 Å². The molecule has 1 aromatic rings. The van der Waals surface area contributed by atoms with Crippen molar-refractivity contribution < 1.29 is 4.79 Å². The van der Waals surface area contributed by atoms with Crippen LogP contribution in [0.25, 0.3) is 0 Å². The van der Waals surface area contributed by atoms with Gasteiger partial charge in [0.2, 0.25) is 0 Å². The number of hydrogen-bond acceptors (Lipinski definition) is 3. The maximum atomic E-state index is 12.5. The van der Waals surface area contributed by atoms with Crippen LogP contribution < -0.4 is 0 Å². The fourth-order valence-corrected chi connectivity index (χ4v) is 3.41. The highest BCUT2D eigenvalue weighted by Gasteiger charge is 2.25. The summed E-state index contributed by atoms with van der Waals surface area (Å²) in [6, 6.07) is 2.63. The number of hydrogen-bond donors (Lipinski definition) is 0. The summed E-state index contributed by atoms with van der Waals surface area (Å²) in [5.74, 6) is 0.236. The minimum absolute atomic E-state index is 0.236. The first-order valence-electron chi connectivity index (χ1n) is 8.02. The predicted molar refractivity (Wildman–Crippen MR) is 87.0 cm³/mol. The van der Waals surface area contributed by atoms with E-state index in [2.05, 4.69) is 28.3 Å². The third kappa shape index (κ3) is 3.55. The van der Waals surface area contributed by atoms with Crippen LogP contribution in [0, 0.1) is 13.8 Å². The Hall–Kier alpha value is -1.13. The van der Waals surface area contributed by atoms with Gasteiger partial charge >= 0.3 is 0 Å². The number of aryl methyl sites for hydroxylation is 1. The maximum Gasteiger partial charge on any atom is 0.178 e. The van der Waals surface area contributed by atoms with E-state index in [1.807, 2.05) is 27.0 Å². The maximum absolute atomic E-state index is 12.5. The van der Waals surface area contributed by atoms with Gasteiger partial charge in [-0.25, -0.2) is 0 Å². The number of likely N-dealkylation sites (N-methyl/N-ethyl adjacent to an activating group) is 2. The molecule has 4 heteroatoms. The molecular weight excluding hydrogens is 262 g/mol. The van der Waals surface area contributed by atoms with Gasteiger partial charge in [0, 0.05) is 36.6 Å². The molecule has 1 aromatic heterocycles. The van der Waals surface area contributed by atoms with Crippen molar-refractivity contribution in [3.8, 4) is 0 Å². The molecule has 0 bridgehead atoms. The van der Waals surface area contributed by atoms with Crippen molar-refractivity contribution in [1.82, 2.24) is 14.4 Å². The second-order valence-corrected chi connectivity index (χ2v) is 6.39. The van der Waals surface area contributed by atoms with Crippen molar-refractivity contribution in [2.24, 2.45) is 7.05 Å². The minimum atomic E-state index is 0.236. The van der Waals surface area contributed by atoms with Crippen molar-refractivity contribution in [3.63, 3.8) is 0 Å². The van der Waals surface area contributed by atoms with Gasteiger partial charge in [0.05, 0.1) is 6.54 Å². The molecule has 0 aliphatic carbocycles. The average Bonchev–Trinajstić information content (AvgIpc) is 2.98. The first kappa shape index (κ1) is 16.2. The second-order valence-electron chi connectivity index (χ2n) is 6.39. The number of carbonyl (C=O) groups is 1. The Kier molecular flexibility index (Phi) is 5.22. The molecule has 2 rings (SSSR count). The summed E-state index contributed by atoms with van der Waals surface area (Å²) in [5.41, 5.74) is 3.09. The monoisotopic (exact) mass is 291 g/mol. The fourth-order valence-electron chi connectivity index (χ4n) is 3.41. The highest BCUT2D eigenvalue weighted by atomic mass is 16.1. The van der Waals surface area contributed by atoms with Gasteiger partial charge in [-0.15, -0.1) is 0 Å². The lowest BCUT2D eigenvalue weighted by Crippen LogP contribution is -2.40. The summed E-state index contributed by atoms with van der Waals surface area (Å²) >= 11 is 0. The highest BCUT2D eigenvalue weighted by Crippen LogP contribution is 2.18. The van der Waals surface area contributed by atoms with Crippen LogP contribution in [-0.2, 0) is 7.05 Å². The summed E-state index contributed by atoms with van der Waals surface area (Å²) in [6.45, 7) is 10.1. The predicted octanol–water partition coefficient (Wildman–Crippen LogP) is 2.24. The van der Waals surface area contributed by atoms with E-state index in [1.54, 1.807) is 0 Å². The van der Waals surface area contributed by atoms with Crippen LogP contribution in [0.2, 0.25) is 0 Å². The molecule has 0 N–H and O–H groups in total. The number of likely N-dealkylation sites (tertiary alicyclic amines) is 1. The highest BCUT2D eigenvalue weighted by molar-refractivity contribution is 5.99. The Bertz CT molecular complexity index is 506. The molecule has 1 aliphatic rings. The van der Waals surface area contributed by atoms with E-state index in [0.717, 1.165) is 30.0 Å². The van der Waals surface area contributed by atoms with Crippen molar-refractivity contribution >= 4 is 5.78 Å². The molecule has 1 saturated heterocycles. The van der Waals surface area contributed by atoms with Gasteiger partial charge in [-0.3, -0.25) is 14.6 Å². The van der Waals surface area contributed by atoms with Gasteiger partial charge in [0.15, 0.2) is 5.78 Å². The zero-order valence-corrected chi connectivity index (χ0v) is 14.1. The van der Waals surface area contributed by atoms with Crippen molar-refractivity contribution in [1.29, 1.82) is 0 Å². The summed E-state index contributed by atoms with van der Waals surface area (Å²) in [5, 5.41) is 0. The van der Waals surface area contributed by atoms with Crippen LogP contribution in [0.15, 0.2) is 6.07 Å². The largest absolute Gasteiger partial charge is 0.351 e. The normalized spacial score (nSPS) is 19.6. The quantitative estimate of drug-likeness (QED) is 0.753. The number of aromatic nitrogens is 1. The molecule has 1 fully saturated rings. The standard InChI is InChI=1S/C17H29N3O/c1-6-20-9-7-8-15(20)11-18(4)12-17(21)16-10-13(2)19(5)14(16)3/h10,15H,6-9,11-12H2,1-5H3. The second kappa shape index (κ2) is 6.75. The van der Waals surface area contributed by atoms with E-state index in [4.69, 9.17) is 0 Å². The van der Waals surface area contributed by atoms with E-state index < -0.39 is 0 Å². The van der Waals surface area contributed by atoms with Crippen LogP contribution in [0.5, 0.6) is 0 Å². The number of Topliss-reactive ketones (excluding diaryl/α,β-unsaturated/α-hetero) is 1. The van der Waals surface area contributed by atoms with Crippen molar-refractivity contribution in [2.45, 2.75) is 39.7 Å². The molecule has 4 nitrogen and oxygen atoms in total. The van der Waals surface area contributed by atoms with Crippen LogP contribution in [-0.4, -0.2) is 59.4 Å². The first-order chi connectivity index (χ1) is 9.93. The molecule has 0 amide bonds. The summed E-state index contributed by atoms with van der Waals surface area (Å²) in [6.07, 6.45) is 2.55. The Labute approximate surface area is 128 Å². The molecule has 1 atom stereocenters. The topological polar surface area (TPSA) is 28.5 Å². The number of nitrogens with zero attached hydrogens (tertiary/aromatic N) is 3. The third-order valence-corrected chi connectivity index (χ3v) is 4.92. The SMILES string of the molecule is CCN1CCCC1CN(C)CC(=O)c1cc(C)n(C)c1C. The zero-order chi connectivity index (χ0) is 15.6. The summed E-state index contributed by atoms with van der Waals surface area (Å²) < 4.78 is 2.09. The number of rotatable bonds is 6. The molecule has 0 aromatic carbocycles. The Morgan fingerprint density at radius 2 is 2.14 bits per heavy atom. The van der Waals surface area contributed by atoms with Crippen molar-refractivity contribution in [3.05, 3.63) is 23.0 Å². The number of carbonyl (C=O) groups excluding carboxylic acids is 1. The Balaban J connectivity index is 1.94. The van der Waals surface area contributed by atoms with E-state index in [1.165, 1.54) is 19.4 Å². The van der Waals surface area contributed by atoms with Gasteiger partial charge in [0.25, 0.3) is 0 Å². The van der Waals surface area contributed by atoms with Crippen LogP contribution in [0.1, 0.15) is 41.5 Å². The molecule has 1 unspecified atom stereocenters. The molecule has 2 heterocycles. The fraction of sp³-hybridized carbons (Fsp3) is 0.706. The minimum Gasteiger partial charge on any atom is -0.351 e. The van der Waals surface area contributed by atoms with E-state index in [-0.39, 0.29) is 5.78 Å². The van der Waals surface area contributed by atoms with Crippen LogP contribution in [0.3, 0.4) is 0 Å². The third-order valence-electron chi connectivity index (χ3n) is 4.92. The van der Waals surface area contributed by atoms with E-state index >= 15 is 0 Å². The average molecular weight is 291 g/mol. The van der Waals surface area contributed by atoms with Crippen LogP contribution in [0.4, 0.5) is 0 Å². The summed E-state index contributed by atoms with van der Waals surface area (Å²) in [7, 11) is 4.08. The smallest absolute Gasteiger partial charge is 0.178 e. The zero-order valence-electron chi connectivity index (χ0n) is 14.1. The van der Waals surface area contributed by atoms with E-state index in [9.17, 15) is 4.79 Å². The lowest BCUT2D eigenvalue weighted by atomic mass is 10.1. The van der Waals surface area contributed by atoms with Gasteiger partial charge < -0.3 is 4.57 Å². The summed E-state index contributed by atoms with van der Waals surface area (Å²) in [4.78, 5) is 17.2. The molecule has 21 heavy (non-hydrogen) atoms. The van der Waals surface area contributed by atoms with Gasteiger partial charge in [-0.2, -0.15) is 0 Å². The number of ketones is 1. The molecular formula is C17H29N3O. The van der Waals surface area contributed by atoms with Gasteiger partial charge in [0.1, 0.15) is 0 Å². The first-order valence-corrected chi connectivity index (χ1v) is 8.02. The molecule has 0 saturated carbocycles. The molecule has 0 spiro atoms. The Morgan fingerprint density at radius 1 is 1.43 bits per heavy atom.